The normalized spacial score (nSPS) is 25.5. The number of hydrogen-bond donors (Lipinski definition) is 2. The van der Waals surface area contributed by atoms with Crippen LogP contribution < -0.4 is 10.5 Å². The number of rotatable bonds is 5. The van der Waals surface area contributed by atoms with Crippen LogP contribution in [0.5, 0.6) is 0 Å². The lowest BCUT2D eigenvalue weighted by molar-refractivity contribution is -0.130. The summed E-state index contributed by atoms with van der Waals surface area (Å²) in [5.41, 5.74) is 6.06. The van der Waals surface area contributed by atoms with E-state index in [-0.39, 0.29) is 42.2 Å². The van der Waals surface area contributed by atoms with Gasteiger partial charge < -0.3 is 10.6 Å². The predicted molar refractivity (Wildman–Crippen MR) is 94.2 cm³/mol. The van der Waals surface area contributed by atoms with Gasteiger partial charge in [-0.15, -0.1) is 12.4 Å². The molecule has 1 aliphatic heterocycles. The first-order chi connectivity index (χ1) is 11.4. The molecule has 3 unspecified atom stereocenters. The summed E-state index contributed by atoms with van der Waals surface area (Å²) < 4.78 is 39.4. The van der Waals surface area contributed by atoms with Crippen LogP contribution in [-0.4, -0.2) is 44.9 Å². The van der Waals surface area contributed by atoms with Crippen LogP contribution in [0.25, 0.3) is 0 Å². The van der Waals surface area contributed by atoms with E-state index in [1.807, 2.05) is 0 Å². The third-order valence-electron chi connectivity index (χ3n) is 5.02. The fraction of sp³-hybridized carbons (Fsp3) is 0.562. The van der Waals surface area contributed by atoms with Crippen LogP contribution in [0.15, 0.2) is 29.2 Å². The quantitative estimate of drug-likeness (QED) is 0.786. The molecule has 3 atom stereocenters. The van der Waals surface area contributed by atoms with Crippen molar-refractivity contribution in [3.63, 3.8) is 0 Å². The van der Waals surface area contributed by atoms with Crippen LogP contribution in [-0.2, 0) is 14.8 Å². The van der Waals surface area contributed by atoms with Gasteiger partial charge in [0, 0.05) is 32.1 Å². The number of carbonyl (C=O) groups is 1. The monoisotopic (exact) mass is 391 g/mol. The minimum atomic E-state index is -3.73. The van der Waals surface area contributed by atoms with Gasteiger partial charge in [-0.05, 0) is 48.9 Å². The molecule has 140 valence electrons. The number of nitrogens with one attached hydrogen (secondary N) is 1. The number of amides is 1. The number of nitrogens with two attached hydrogens (primary N) is 1. The van der Waals surface area contributed by atoms with Crippen LogP contribution >= 0.6 is 12.4 Å². The van der Waals surface area contributed by atoms with Gasteiger partial charge in [0.05, 0.1) is 4.90 Å². The molecule has 1 aromatic rings. The van der Waals surface area contributed by atoms with Gasteiger partial charge in [0.25, 0.3) is 0 Å². The number of benzene rings is 1. The highest BCUT2D eigenvalue weighted by atomic mass is 35.5. The van der Waals surface area contributed by atoms with Crippen LogP contribution in [0, 0.1) is 17.7 Å². The van der Waals surface area contributed by atoms with Crippen molar-refractivity contribution in [2.75, 3.05) is 19.6 Å². The fourth-order valence-corrected chi connectivity index (χ4v) is 4.69. The standard InChI is InChI=1S/C16H22FN3O3S.ClH/c17-12-2-4-13(5-3-12)24(22,23)19-8-7-16(21)20-9-11-1-6-15(18)14(11)10-20;/h2-5,11,14-15,19H,1,6-10,18H2;1H. The Kier molecular flexibility index (Phi) is 6.42. The lowest BCUT2D eigenvalue weighted by Gasteiger charge is -2.19. The summed E-state index contributed by atoms with van der Waals surface area (Å²) in [7, 11) is -3.73. The average molecular weight is 392 g/mol. The highest BCUT2D eigenvalue weighted by molar-refractivity contribution is 7.89. The Morgan fingerprint density at radius 1 is 1.24 bits per heavy atom. The van der Waals surface area contributed by atoms with Crippen molar-refractivity contribution in [1.82, 2.24) is 9.62 Å². The van der Waals surface area contributed by atoms with E-state index in [0.717, 1.165) is 31.5 Å². The third kappa shape index (κ3) is 4.49. The molecule has 2 aliphatic rings. The molecular formula is C16H23ClFN3O3S. The highest BCUT2D eigenvalue weighted by Gasteiger charge is 2.42. The molecule has 1 heterocycles. The summed E-state index contributed by atoms with van der Waals surface area (Å²) in [6.07, 6.45) is 2.19. The second-order valence-corrected chi connectivity index (χ2v) is 8.33. The van der Waals surface area contributed by atoms with E-state index < -0.39 is 15.8 Å². The SMILES string of the molecule is Cl.NC1CCC2CN(C(=O)CCNS(=O)(=O)c3ccc(F)cc3)CC12. The van der Waals surface area contributed by atoms with Crippen molar-refractivity contribution in [2.45, 2.75) is 30.2 Å². The summed E-state index contributed by atoms with van der Waals surface area (Å²) in [6, 6.07) is 4.74. The van der Waals surface area contributed by atoms with Crippen LogP contribution in [0.2, 0.25) is 0 Å². The van der Waals surface area contributed by atoms with Gasteiger partial charge in [-0.3, -0.25) is 4.79 Å². The maximum atomic E-state index is 12.9. The van der Waals surface area contributed by atoms with E-state index in [0.29, 0.717) is 18.4 Å². The summed E-state index contributed by atoms with van der Waals surface area (Å²) in [6.45, 7) is 1.42. The largest absolute Gasteiger partial charge is 0.342 e. The lowest BCUT2D eigenvalue weighted by Crippen LogP contribution is -2.35. The van der Waals surface area contributed by atoms with Gasteiger partial charge in [-0.2, -0.15) is 0 Å². The zero-order chi connectivity index (χ0) is 17.3. The number of carbonyl (C=O) groups excluding carboxylic acids is 1. The van der Waals surface area contributed by atoms with Gasteiger partial charge in [-0.1, -0.05) is 0 Å². The smallest absolute Gasteiger partial charge is 0.240 e. The highest BCUT2D eigenvalue weighted by Crippen LogP contribution is 2.37. The Balaban J connectivity index is 0.00000225. The Morgan fingerprint density at radius 3 is 2.56 bits per heavy atom. The van der Waals surface area contributed by atoms with Crippen molar-refractivity contribution < 1.29 is 17.6 Å². The van der Waals surface area contributed by atoms with Crippen LogP contribution in [0.1, 0.15) is 19.3 Å². The molecule has 2 fully saturated rings. The molecule has 1 amide bonds. The third-order valence-corrected chi connectivity index (χ3v) is 6.50. The molecule has 1 saturated carbocycles. The van der Waals surface area contributed by atoms with E-state index in [9.17, 15) is 17.6 Å². The van der Waals surface area contributed by atoms with Crippen LogP contribution in [0.4, 0.5) is 4.39 Å². The molecule has 25 heavy (non-hydrogen) atoms. The predicted octanol–water partition coefficient (Wildman–Crippen LogP) is 1.11. The molecule has 6 nitrogen and oxygen atoms in total. The molecular weight excluding hydrogens is 369 g/mol. The van der Waals surface area contributed by atoms with Gasteiger partial charge >= 0.3 is 0 Å². The van der Waals surface area contributed by atoms with Crippen LogP contribution in [0.3, 0.4) is 0 Å². The first-order valence-electron chi connectivity index (χ1n) is 8.15. The number of fused-ring (bicyclic) bond motifs is 1. The molecule has 0 aromatic heterocycles. The Hall–Kier alpha value is -1.22. The molecule has 1 aromatic carbocycles. The van der Waals surface area contributed by atoms with Crippen molar-refractivity contribution >= 4 is 28.3 Å². The number of likely N-dealkylation sites (tertiary alicyclic amines) is 1. The zero-order valence-electron chi connectivity index (χ0n) is 13.7. The van der Waals surface area contributed by atoms with Gasteiger partial charge in [0.1, 0.15) is 5.82 Å². The fourth-order valence-electron chi connectivity index (χ4n) is 3.66. The number of halogens is 2. The first kappa shape index (κ1) is 20.1. The van der Waals surface area contributed by atoms with Crippen molar-refractivity contribution in [2.24, 2.45) is 17.6 Å². The number of nitrogens with zero attached hydrogens (tertiary/aromatic N) is 1. The summed E-state index contributed by atoms with van der Waals surface area (Å²) in [4.78, 5) is 14.0. The van der Waals surface area contributed by atoms with E-state index >= 15 is 0 Å². The van der Waals surface area contributed by atoms with E-state index in [4.69, 9.17) is 5.73 Å². The van der Waals surface area contributed by atoms with Gasteiger partial charge in [0.2, 0.25) is 15.9 Å². The second kappa shape index (κ2) is 7.99. The Morgan fingerprint density at radius 2 is 1.92 bits per heavy atom. The molecule has 9 heteroatoms. The van der Waals surface area contributed by atoms with Crippen molar-refractivity contribution in [1.29, 1.82) is 0 Å². The minimum Gasteiger partial charge on any atom is -0.342 e. The van der Waals surface area contributed by atoms with Crippen molar-refractivity contribution in [3.8, 4) is 0 Å². The lowest BCUT2D eigenvalue weighted by atomic mass is 9.98. The maximum Gasteiger partial charge on any atom is 0.240 e. The number of sulfonamides is 1. The Labute approximate surface area is 153 Å². The summed E-state index contributed by atoms with van der Waals surface area (Å²) >= 11 is 0. The van der Waals surface area contributed by atoms with Crippen molar-refractivity contribution in [3.05, 3.63) is 30.1 Å². The average Bonchev–Trinajstić information content (AvgIpc) is 3.10. The molecule has 0 radical (unpaired) electrons. The van der Waals surface area contributed by atoms with E-state index in [2.05, 4.69) is 4.72 Å². The molecule has 1 aliphatic carbocycles. The molecule has 3 rings (SSSR count). The zero-order valence-corrected chi connectivity index (χ0v) is 15.4. The second-order valence-electron chi connectivity index (χ2n) is 6.57. The van der Waals surface area contributed by atoms with Gasteiger partial charge in [0.15, 0.2) is 0 Å². The maximum absolute atomic E-state index is 12.9. The van der Waals surface area contributed by atoms with E-state index in [1.165, 1.54) is 12.1 Å². The Bertz CT molecular complexity index is 714. The summed E-state index contributed by atoms with van der Waals surface area (Å²) in [5, 5.41) is 0. The first-order valence-corrected chi connectivity index (χ1v) is 9.64. The molecule has 1 saturated heterocycles. The molecule has 0 bridgehead atoms. The van der Waals surface area contributed by atoms with Gasteiger partial charge in [-0.25, -0.2) is 17.5 Å². The topological polar surface area (TPSA) is 92.5 Å². The van der Waals surface area contributed by atoms with E-state index in [1.54, 1.807) is 4.90 Å². The summed E-state index contributed by atoms with van der Waals surface area (Å²) in [5.74, 6) is 0.310. The minimum absolute atomic E-state index is 0. The molecule has 3 N–H and O–H groups in total. The molecule has 0 spiro atoms. The number of hydrogen-bond acceptors (Lipinski definition) is 4.